The molecule has 0 spiro atoms. The van der Waals surface area contributed by atoms with Gasteiger partial charge in [-0.05, 0) is 12.5 Å². The highest BCUT2D eigenvalue weighted by Gasteiger charge is 2.43. The van der Waals surface area contributed by atoms with Gasteiger partial charge in [-0.15, -0.1) is 0 Å². The maximum Gasteiger partial charge on any atom is 0.471 e. The van der Waals surface area contributed by atoms with E-state index in [1.165, 1.54) is 35.2 Å². The molecule has 3 atom stereocenters. The zero-order chi connectivity index (χ0) is 26.2. The smallest absolute Gasteiger partial charge is 0.467 e. The van der Waals surface area contributed by atoms with E-state index in [-0.39, 0.29) is 11.3 Å². The minimum absolute atomic E-state index is 0.129. The van der Waals surface area contributed by atoms with Gasteiger partial charge in [0.25, 0.3) is 0 Å². The summed E-state index contributed by atoms with van der Waals surface area (Å²) < 4.78 is 48.1. The minimum atomic E-state index is -5.14. The Morgan fingerprint density at radius 1 is 0.971 bits per heavy atom. The summed E-state index contributed by atoms with van der Waals surface area (Å²) in [7, 11) is 5.88. The first-order valence-electron chi connectivity index (χ1n) is 10.2. The van der Waals surface area contributed by atoms with Gasteiger partial charge in [-0.2, -0.15) is 13.2 Å². The van der Waals surface area contributed by atoms with Crippen molar-refractivity contribution < 1.29 is 41.8 Å². The van der Waals surface area contributed by atoms with Crippen molar-refractivity contribution in [2.75, 3.05) is 41.9 Å². The number of carbonyl (C=O) groups is 4. The van der Waals surface area contributed by atoms with Gasteiger partial charge in [0.2, 0.25) is 11.8 Å². The standard InChI is InChI=1S/C22H30F3N3O6/c1-14(33-5)18(28(4)17(29)13-26(2)21(32)22(23,24)25)19(30)27(3)16(20(31)34-6)12-15-10-8-7-9-11-15/h7-11,14,16,18H,12-13H2,1-6H3. The molecular formula is C22H30F3N3O6. The second-order valence-electron chi connectivity index (χ2n) is 7.73. The molecule has 0 aliphatic rings. The predicted molar refractivity (Wildman–Crippen MR) is 115 cm³/mol. The molecule has 0 radical (unpaired) electrons. The molecule has 9 nitrogen and oxygen atoms in total. The maximum absolute atomic E-state index is 13.4. The van der Waals surface area contributed by atoms with Crippen LogP contribution in [0.15, 0.2) is 30.3 Å². The van der Waals surface area contributed by atoms with Crippen LogP contribution in [0.2, 0.25) is 0 Å². The summed E-state index contributed by atoms with van der Waals surface area (Å²) >= 11 is 0. The second kappa shape index (κ2) is 12.4. The molecule has 3 amide bonds. The number of halogens is 3. The fraction of sp³-hybridized carbons (Fsp3) is 0.545. The predicted octanol–water partition coefficient (Wildman–Crippen LogP) is 1.11. The molecule has 1 aromatic carbocycles. The number of benzene rings is 1. The largest absolute Gasteiger partial charge is 0.471 e. The quantitative estimate of drug-likeness (QED) is 0.457. The van der Waals surface area contributed by atoms with Gasteiger partial charge in [-0.25, -0.2) is 4.79 Å². The number of methoxy groups -OCH3 is 2. The van der Waals surface area contributed by atoms with Gasteiger partial charge in [-0.1, -0.05) is 30.3 Å². The van der Waals surface area contributed by atoms with E-state index >= 15 is 0 Å². The Morgan fingerprint density at radius 3 is 2.00 bits per heavy atom. The summed E-state index contributed by atoms with van der Waals surface area (Å²) in [6, 6.07) is 6.55. The Bertz CT molecular complexity index is 865. The Kier molecular flexibility index (Phi) is 10.5. The molecule has 3 unspecified atom stereocenters. The van der Waals surface area contributed by atoms with Gasteiger partial charge in [0.15, 0.2) is 0 Å². The summed E-state index contributed by atoms with van der Waals surface area (Å²) in [5, 5.41) is 0. The average molecular weight is 489 g/mol. The number of nitrogens with zero attached hydrogens (tertiary/aromatic N) is 3. The number of esters is 1. The molecule has 0 saturated carbocycles. The first kappa shape index (κ1) is 28.9. The molecule has 0 aliphatic heterocycles. The fourth-order valence-electron chi connectivity index (χ4n) is 3.28. The average Bonchev–Trinajstić information content (AvgIpc) is 2.80. The summed E-state index contributed by atoms with van der Waals surface area (Å²) in [5.41, 5.74) is 0.755. The molecule has 0 aliphatic carbocycles. The van der Waals surface area contributed by atoms with Crippen LogP contribution in [0.3, 0.4) is 0 Å². The molecule has 0 saturated heterocycles. The molecule has 12 heteroatoms. The van der Waals surface area contributed by atoms with Gasteiger partial charge in [0.1, 0.15) is 12.1 Å². The number of likely N-dealkylation sites (N-methyl/N-ethyl adjacent to an activating group) is 3. The van der Waals surface area contributed by atoms with Crippen LogP contribution in [0.25, 0.3) is 0 Å². The molecule has 0 bridgehead atoms. The highest BCUT2D eigenvalue weighted by atomic mass is 19.4. The Labute approximate surface area is 196 Å². The Hall–Kier alpha value is -3.15. The van der Waals surface area contributed by atoms with Crippen molar-refractivity contribution in [2.24, 2.45) is 0 Å². The number of carbonyl (C=O) groups excluding carboxylic acids is 4. The van der Waals surface area contributed by atoms with Crippen LogP contribution >= 0.6 is 0 Å². The number of alkyl halides is 3. The summed E-state index contributed by atoms with van der Waals surface area (Å²) in [6.45, 7) is 0.582. The van der Waals surface area contributed by atoms with Gasteiger partial charge in [0.05, 0.1) is 19.8 Å². The van der Waals surface area contributed by atoms with E-state index in [1.54, 1.807) is 30.3 Å². The number of hydrogen-bond donors (Lipinski definition) is 0. The van der Waals surface area contributed by atoms with E-state index in [9.17, 15) is 32.3 Å². The Morgan fingerprint density at radius 2 is 1.53 bits per heavy atom. The van der Waals surface area contributed by atoms with Crippen LogP contribution in [0, 0.1) is 0 Å². The lowest BCUT2D eigenvalue weighted by Gasteiger charge is -2.36. The summed E-state index contributed by atoms with van der Waals surface area (Å²) in [4.78, 5) is 52.2. The van der Waals surface area contributed by atoms with Crippen molar-refractivity contribution in [1.29, 1.82) is 0 Å². The molecule has 0 fully saturated rings. The number of hydrogen-bond acceptors (Lipinski definition) is 6. The molecule has 190 valence electrons. The SMILES string of the molecule is COC(=O)C(Cc1ccccc1)N(C)C(=O)C(C(C)OC)N(C)C(=O)CN(C)C(=O)C(F)(F)F. The van der Waals surface area contributed by atoms with Crippen molar-refractivity contribution in [1.82, 2.24) is 14.7 Å². The topological polar surface area (TPSA) is 96.5 Å². The monoisotopic (exact) mass is 489 g/mol. The third-order valence-electron chi connectivity index (χ3n) is 5.40. The van der Waals surface area contributed by atoms with Crippen LogP contribution in [-0.2, 0) is 35.1 Å². The highest BCUT2D eigenvalue weighted by molar-refractivity contribution is 5.93. The zero-order valence-electron chi connectivity index (χ0n) is 20.0. The Balaban J connectivity index is 3.16. The fourth-order valence-corrected chi connectivity index (χ4v) is 3.28. The van der Waals surface area contributed by atoms with Crippen molar-refractivity contribution >= 4 is 23.7 Å². The van der Waals surface area contributed by atoms with E-state index in [1.807, 2.05) is 0 Å². The van der Waals surface area contributed by atoms with Crippen molar-refractivity contribution in [3.63, 3.8) is 0 Å². The van der Waals surface area contributed by atoms with Gasteiger partial charge in [0, 0.05) is 34.7 Å². The lowest BCUT2D eigenvalue weighted by atomic mass is 10.0. The van der Waals surface area contributed by atoms with Crippen molar-refractivity contribution in [3.8, 4) is 0 Å². The number of amides is 3. The molecule has 0 N–H and O–H groups in total. The molecule has 1 aromatic rings. The third kappa shape index (κ3) is 7.44. The van der Waals surface area contributed by atoms with Gasteiger partial charge < -0.3 is 24.2 Å². The lowest BCUT2D eigenvalue weighted by molar-refractivity contribution is -0.185. The van der Waals surface area contributed by atoms with Crippen LogP contribution in [0.4, 0.5) is 13.2 Å². The van der Waals surface area contributed by atoms with Crippen molar-refractivity contribution in [3.05, 3.63) is 35.9 Å². The highest BCUT2D eigenvalue weighted by Crippen LogP contribution is 2.19. The van der Waals surface area contributed by atoms with E-state index in [0.717, 1.165) is 22.4 Å². The van der Waals surface area contributed by atoms with E-state index in [0.29, 0.717) is 0 Å². The molecule has 34 heavy (non-hydrogen) atoms. The van der Waals surface area contributed by atoms with Crippen LogP contribution < -0.4 is 0 Å². The maximum atomic E-state index is 13.4. The summed E-state index contributed by atoms with van der Waals surface area (Å²) in [6.07, 6.45) is -5.90. The number of rotatable bonds is 10. The van der Waals surface area contributed by atoms with Crippen LogP contribution in [0.1, 0.15) is 12.5 Å². The molecule has 0 heterocycles. The van der Waals surface area contributed by atoms with Crippen LogP contribution in [-0.4, -0.2) is 105 Å². The third-order valence-corrected chi connectivity index (χ3v) is 5.40. The molecule has 1 rings (SSSR count). The molecular weight excluding hydrogens is 459 g/mol. The normalized spacial score (nSPS) is 13.9. The first-order chi connectivity index (χ1) is 15.8. The van der Waals surface area contributed by atoms with Gasteiger partial charge in [-0.3, -0.25) is 14.4 Å². The van der Waals surface area contributed by atoms with Crippen molar-refractivity contribution in [2.45, 2.75) is 37.7 Å². The first-order valence-corrected chi connectivity index (χ1v) is 10.2. The number of ether oxygens (including phenoxy) is 2. The lowest BCUT2D eigenvalue weighted by Crippen LogP contribution is -2.58. The van der Waals surface area contributed by atoms with E-state index < -0.39 is 54.6 Å². The van der Waals surface area contributed by atoms with Crippen LogP contribution in [0.5, 0.6) is 0 Å². The molecule has 0 aromatic heterocycles. The minimum Gasteiger partial charge on any atom is -0.467 e. The second-order valence-corrected chi connectivity index (χ2v) is 7.73. The summed E-state index contributed by atoms with van der Waals surface area (Å²) in [5.74, 6) is -4.49. The zero-order valence-corrected chi connectivity index (χ0v) is 20.0. The van der Waals surface area contributed by atoms with E-state index in [2.05, 4.69) is 0 Å². The van der Waals surface area contributed by atoms with E-state index in [4.69, 9.17) is 9.47 Å². The van der Waals surface area contributed by atoms with Gasteiger partial charge >= 0.3 is 18.1 Å².